The van der Waals surface area contributed by atoms with Crippen molar-refractivity contribution in [1.82, 2.24) is 10.6 Å². The first-order valence-electron chi connectivity index (χ1n) is 7.33. The lowest BCUT2D eigenvalue weighted by molar-refractivity contribution is -0.138. The Labute approximate surface area is 110 Å². The largest absolute Gasteiger partial charge is 0.364 e. The van der Waals surface area contributed by atoms with Crippen LogP contribution in [-0.2, 0) is 9.53 Å². The molecule has 0 radical (unpaired) electrons. The van der Waals surface area contributed by atoms with Crippen molar-refractivity contribution in [2.45, 2.75) is 64.2 Å². The normalized spacial score (nSPS) is 31.2. The number of carbonyl (C=O) groups is 1. The Morgan fingerprint density at radius 1 is 1.33 bits per heavy atom. The Kier molecular flexibility index (Phi) is 5.01. The summed E-state index contributed by atoms with van der Waals surface area (Å²) in [5.74, 6) is 0.590. The summed E-state index contributed by atoms with van der Waals surface area (Å²) in [5.41, 5.74) is 0. The number of piperidine rings is 1. The van der Waals surface area contributed by atoms with Crippen LogP contribution in [0.5, 0.6) is 0 Å². The van der Waals surface area contributed by atoms with E-state index in [4.69, 9.17) is 4.74 Å². The van der Waals surface area contributed by atoms with Gasteiger partial charge in [-0.1, -0.05) is 19.8 Å². The molecule has 104 valence electrons. The Morgan fingerprint density at radius 3 is 2.72 bits per heavy atom. The number of rotatable bonds is 4. The summed E-state index contributed by atoms with van der Waals surface area (Å²) in [7, 11) is 0. The van der Waals surface area contributed by atoms with Gasteiger partial charge in [-0.2, -0.15) is 0 Å². The maximum Gasteiger partial charge on any atom is 0.249 e. The molecule has 1 amide bonds. The molecule has 0 aromatic carbocycles. The quantitative estimate of drug-likeness (QED) is 0.798. The monoisotopic (exact) mass is 254 g/mol. The number of ether oxygens (including phenoxy) is 1. The second-order valence-corrected chi connectivity index (χ2v) is 5.78. The summed E-state index contributed by atoms with van der Waals surface area (Å²) in [4.78, 5) is 12.0. The molecule has 1 aliphatic heterocycles. The first-order valence-corrected chi connectivity index (χ1v) is 7.33. The fourth-order valence-corrected chi connectivity index (χ4v) is 2.86. The fraction of sp³-hybridized carbons (Fsp3) is 0.929. The van der Waals surface area contributed by atoms with Crippen LogP contribution in [0.25, 0.3) is 0 Å². The molecule has 1 saturated carbocycles. The van der Waals surface area contributed by atoms with Gasteiger partial charge in [-0.05, 0) is 38.6 Å². The number of nitrogens with one attached hydrogen (secondary N) is 2. The lowest BCUT2D eigenvalue weighted by atomic mass is 9.97. The molecule has 0 spiro atoms. The zero-order valence-corrected chi connectivity index (χ0v) is 11.6. The highest BCUT2D eigenvalue weighted by molar-refractivity contribution is 5.80. The average Bonchev–Trinajstić information content (AvgIpc) is 2.84. The summed E-state index contributed by atoms with van der Waals surface area (Å²) in [6.07, 6.45) is 5.69. The molecule has 3 atom stereocenters. The molecule has 1 heterocycles. The van der Waals surface area contributed by atoms with Gasteiger partial charge in [0.05, 0.1) is 6.10 Å². The van der Waals surface area contributed by atoms with Crippen LogP contribution in [0.4, 0.5) is 0 Å². The molecule has 2 fully saturated rings. The van der Waals surface area contributed by atoms with Crippen LogP contribution in [0.3, 0.4) is 0 Å². The highest BCUT2D eigenvalue weighted by Crippen LogP contribution is 2.19. The van der Waals surface area contributed by atoms with E-state index in [1.165, 1.54) is 12.8 Å². The summed E-state index contributed by atoms with van der Waals surface area (Å²) in [5, 5.41) is 6.42. The van der Waals surface area contributed by atoms with Crippen molar-refractivity contribution in [1.29, 1.82) is 0 Å². The molecule has 2 rings (SSSR count). The zero-order valence-electron chi connectivity index (χ0n) is 11.6. The summed E-state index contributed by atoms with van der Waals surface area (Å²) in [6.45, 7) is 5.99. The molecule has 0 aromatic heterocycles. The third kappa shape index (κ3) is 3.69. The van der Waals surface area contributed by atoms with Crippen LogP contribution in [0.15, 0.2) is 0 Å². The molecule has 2 aliphatic rings. The number of hydrogen-bond acceptors (Lipinski definition) is 3. The number of amides is 1. The van der Waals surface area contributed by atoms with Crippen LogP contribution < -0.4 is 10.6 Å². The Balaban J connectivity index is 1.75. The third-order valence-electron chi connectivity index (χ3n) is 4.21. The number of hydrogen-bond donors (Lipinski definition) is 2. The van der Waals surface area contributed by atoms with Crippen molar-refractivity contribution >= 4 is 5.91 Å². The number of carbonyl (C=O) groups excluding carboxylic acids is 1. The molecule has 1 saturated heterocycles. The SMILES string of the molecule is CC(OC1CNCCC1C)C(=O)NC1CCCC1. The minimum absolute atomic E-state index is 0.0553. The van der Waals surface area contributed by atoms with Gasteiger partial charge in [0.15, 0.2) is 0 Å². The van der Waals surface area contributed by atoms with Gasteiger partial charge >= 0.3 is 0 Å². The summed E-state index contributed by atoms with van der Waals surface area (Å²) < 4.78 is 5.90. The van der Waals surface area contributed by atoms with Gasteiger partial charge in [0.25, 0.3) is 0 Å². The van der Waals surface area contributed by atoms with E-state index < -0.39 is 0 Å². The Bertz CT molecular complexity index is 277. The van der Waals surface area contributed by atoms with Crippen molar-refractivity contribution in [3.8, 4) is 0 Å². The highest BCUT2D eigenvalue weighted by atomic mass is 16.5. The van der Waals surface area contributed by atoms with Crippen LogP contribution in [0.2, 0.25) is 0 Å². The van der Waals surface area contributed by atoms with Gasteiger partial charge in [-0.3, -0.25) is 4.79 Å². The van der Waals surface area contributed by atoms with E-state index in [9.17, 15) is 4.79 Å². The van der Waals surface area contributed by atoms with Crippen molar-refractivity contribution in [3.63, 3.8) is 0 Å². The summed E-state index contributed by atoms with van der Waals surface area (Å²) >= 11 is 0. The highest BCUT2D eigenvalue weighted by Gasteiger charge is 2.27. The average molecular weight is 254 g/mol. The van der Waals surface area contributed by atoms with E-state index in [2.05, 4.69) is 17.6 Å². The molecular formula is C14H26N2O2. The van der Waals surface area contributed by atoms with E-state index in [-0.39, 0.29) is 18.1 Å². The summed E-state index contributed by atoms with van der Waals surface area (Å²) in [6, 6.07) is 0.380. The fourth-order valence-electron chi connectivity index (χ4n) is 2.86. The lowest BCUT2D eigenvalue weighted by Gasteiger charge is -2.31. The van der Waals surface area contributed by atoms with E-state index in [0.29, 0.717) is 12.0 Å². The smallest absolute Gasteiger partial charge is 0.249 e. The van der Waals surface area contributed by atoms with E-state index in [0.717, 1.165) is 32.4 Å². The Morgan fingerprint density at radius 2 is 2.06 bits per heavy atom. The maximum atomic E-state index is 12.0. The molecule has 18 heavy (non-hydrogen) atoms. The lowest BCUT2D eigenvalue weighted by Crippen LogP contribution is -2.47. The van der Waals surface area contributed by atoms with Gasteiger partial charge in [0.2, 0.25) is 5.91 Å². The van der Waals surface area contributed by atoms with Crippen molar-refractivity contribution < 1.29 is 9.53 Å². The molecule has 4 heteroatoms. The standard InChI is InChI=1S/C14H26N2O2/c1-10-7-8-15-9-13(10)18-11(2)14(17)16-12-5-3-4-6-12/h10-13,15H,3-9H2,1-2H3,(H,16,17). The minimum atomic E-state index is -0.335. The van der Waals surface area contributed by atoms with Gasteiger partial charge in [-0.25, -0.2) is 0 Å². The third-order valence-corrected chi connectivity index (χ3v) is 4.21. The first kappa shape index (κ1) is 13.8. The van der Waals surface area contributed by atoms with Gasteiger partial charge < -0.3 is 15.4 Å². The second-order valence-electron chi connectivity index (χ2n) is 5.78. The van der Waals surface area contributed by atoms with Crippen molar-refractivity contribution in [2.24, 2.45) is 5.92 Å². The van der Waals surface area contributed by atoms with E-state index in [1.54, 1.807) is 0 Å². The van der Waals surface area contributed by atoms with E-state index in [1.807, 2.05) is 6.92 Å². The second kappa shape index (κ2) is 6.53. The van der Waals surface area contributed by atoms with Gasteiger partial charge in [-0.15, -0.1) is 0 Å². The molecular weight excluding hydrogens is 228 g/mol. The molecule has 4 nitrogen and oxygen atoms in total. The van der Waals surface area contributed by atoms with Crippen LogP contribution in [0, 0.1) is 5.92 Å². The molecule has 2 N–H and O–H groups in total. The Hall–Kier alpha value is -0.610. The van der Waals surface area contributed by atoms with Gasteiger partial charge in [0.1, 0.15) is 6.10 Å². The van der Waals surface area contributed by atoms with E-state index >= 15 is 0 Å². The molecule has 3 unspecified atom stereocenters. The predicted octanol–water partition coefficient (Wildman–Crippen LogP) is 1.45. The minimum Gasteiger partial charge on any atom is -0.364 e. The zero-order chi connectivity index (χ0) is 13.0. The van der Waals surface area contributed by atoms with Crippen LogP contribution in [-0.4, -0.2) is 37.2 Å². The van der Waals surface area contributed by atoms with Crippen LogP contribution in [0.1, 0.15) is 46.0 Å². The van der Waals surface area contributed by atoms with Crippen molar-refractivity contribution in [3.05, 3.63) is 0 Å². The topological polar surface area (TPSA) is 50.4 Å². The predicted molar refractivity (Wildman–Crippen MR) is 71.4 cm³/mol. The maximum absolute atomic E-state index is 12.0. The van der Waals surface area contributed by atoms with Crippen LogP contribution >= 0.6 is 0 Å². The molecule has 0 bridgehead atoms. The molecule has 1 aliphatic carbocycles. The first-order chi connectivity index (χ1) is 8.66. The van der Waals surface area contributed by atoms with Gasteiger partial charge in [0, 0.05) is 12.6 Å². The van der Waals surface area contributed by atoms with Crippen molar-refractivity contribution in [2.75, 3.05) is 13.1 Å². The molecule has 0 aromatic rings.